The van der Waals surface area contributed by atoms with Gasteiger partial charge in [0.2, 0.25) is 6.21 Å². The van der Waals surface area contributed by atoms with Crippen LogP contribution in [0.5, 0.6) is 11.5 Å². The van der Waals surface area contributed by atoms with Crippen LogP contribution in [0, 0.1) is 5.82 Å². The van der Waals surface area contributed by atoms with Gasteiger partial charge in [-0.3, -0.25) is 0 Å². The fourth-order valence-corrected chi connectivity index (χ4v) is 1.82. The SMILES string of the molecule is COc1cc(/C=[NH+]\N=C(N)N)ccc1OC(=O)c1ccccc1F. The number of benzene rings is 2. The van der Waals surface area contributed by atoms with Gasteiger partial charge in [-0.15, -0.1) is 5.10 Å². The Morgan fingerprint density at radius 2 is 1.96 bits per heavy atom. The van der Waals surface area contributed by atoms with Crippen molar-refractivity contribution in [2.24, 2.45) is 16.6 Å². The topological polar surface area (TPSA) is 114 Å². The molecule has 0 heterocycles. The number of carbonyl (C=O) groups excluding carboxylic acids is 1. The molecule has 2 aromatic carbocycles. The summed E-state index contributed by atoms with van der Waals surface area (Å²) in [5.41, 5.74) is 10.9. The summed E-state index contributed by atoms with van der Waals surface area (Å²) < 4.78 is 24.0. The molecule has 7 nitrogen and oxygen atoms in total. The minimum atomic E-state index is -0.818. The van der Waals surface area contributed by atoms with Gasteiger partial charge in [0.15, 0.2) is 11.5 Å². The highest BCUT2D eigenvalue weighted by Gasteiger charge is 2.16. The maximum absolute atomic E-state index is 13.6. The number of hydrogen-bond donors (Lipinski definition) is 3. The normalized spacial score (nSPS) is 10.4. The predicted octanol–water partition coefficient (Wildman–Crippen LogP) is -0.259. The number of carbonyl (C=O) groups is 1. The van der Waals surface area contributed by atoms with E-state index in [1.165, 1.54) is 37.6 Å². The van der Waals surface area contributed by atoms with E-state index in [-0.39, 0.29) is 17.3 Å². The lowest BCUT2D eigenvalue weighted by Gasteiger charge is -2.09. The predicted molar refractivity (Wildman–Crippen MR) is 86.3 cm³/mol. The van der Waals surface area contributed by atoms with Crippen LogP contribution in [0.2, 0.25) is 0 Å². The Morgan fingerprint density at radius 1 is 1.21 bits per heavy atom. The summed E-state index contributed by atoms with van der Waals surface area (Å²) in [5, 5.41) is 6.14. The summed E-state index contributed by atoms with van der Waals surface area (Å²) in [6, 6.07) is 10.3. The van der Waals surface area contributed by atoms with Gasteiger partial charge in [-0.2, -0.15) is 0 Å². The number of rotatable bonds is 5. The van der Waals surface area contributed by atoms with Gasteiger partial charge in [0.25, 0.3) is 5.96 Å². The van der Waals surface area contributed by atoms with E-state index >= 15 is 0 Å². The first-order valence-electron chi connectivity index (χ1n) is 6.83. The Balaban J connectivity index is 2.22. The summed E-state index contributed by atoms with van der Waals surface area (Å²) >= 11 is 0. The van der Waals surface area contributed by atoms with Gasteiger partial charge in [-0.1, -0.05) is 12.1 Å². The average Bonchev–Trinajstić information content (AvgIpc) is 2.56. The maximum atomic E-state index is 13.6. The molecular weight excluding hydrogens is 315 g/mol. The Morgan fingerprint density at radius 3 is 2.62 bits per heavy atom. The molecule has 0 fully saturated rings. The van der Waals surface area contributed by atoms with E-state index in [1.807, 2.05) is 0 Å². The number of halogens is 1. The zero-order valence-electron chi connectivity index (χ0n) is 12.8. The summed E-state index contributed by atoms with van der Waals surface area (Å²) in [6.45, 7) is 0. The highest BCUT2D eigenvalue weighted by atomic mass is 19.1. The van der Waals surface area contributed by atoms with Crippen LogP contribution in [0.15, 0.2) is 47.6 Å². The van der Waals surface area contributed by atoms with Gasteiger partial charge < -0.3 is 20.9 Å². The molecule has 5 N–H and O–H groups in total. The lowest BCUT2D eigenvalue weighted by molar-refractivity contribution is -0.456. The van der Waals surface area contributed by atoms with Crippen molar-refractivity contribution in [2.45, 2.75) is 0 Å². The van der Waals surface area contributed by atoms with Crippen molar-refractivity contribution in [1.82, 2.24) is 0 Å². The minimum Gasteiger partial charge on any atom is -0.493 e. The molecular formula is C16H16FN4O3+. The van der Waals surface area contributed by atoms with E-state index in [2.05, 4.69) is 10.2 Å². The monoisotopic (exact) mass is 331 g/mol. The first-order chi connectivity index (χ1) is 11.5. The van der Waals surface area contributed by atoms with E-state index in [1.54, 1.807) is 18.2 Å². The molecule has 2 rings (SSSR count). The molecule has 0 spiro atoms. The molecule has 0 atom stereocenters. The minimum absolute atomic E-state index is 0.117. The van der Waals surface area contributed by atoms with Gasteiger partial charge in [-0.25, -0.2) is 9.18 Å². The van der Waals surface area contributed by atoms with Gasteiger partial charge in [-0.05, 0) is 30.3 Å². The number of hydrogen-bond acceptors (Lipinski definition) is 4. The molecule has 24 heavy (non-hydrogen) atoms. The van der Waals surface area contributed by atoms with Crippen molar-refractivity contribution < 1.29 is 23.8 Å². The second-order valence-electron chi connectivity index (χ2n) is 4.59. The number of methoxy groups -OCH3 is 1. The van der Waals surface area contributed by atoms with E-state index < -0.39 is 11.8 Å². The Labute approximate surface area is 137 Å². The number of nitrogens with one attached hydrogen (secondary N) is 1. The number of esters is 1. The molecule has 0 aromatic heterocycles. The van der Waals surface area contributed by atoms with Crippen molar-refractivity contribution in [3.63, 3.8) is 0 Å². The van der Waals surface area contributed by atoms with Gasteiger partial charge in [0, 0.05) is 10.7 Å². The van der Waals surface area contributed by atoms with Gasteiger partial charge in [0.05, 0.1) is 12.7 Å². The number of ether oxygens (including phenoxy) is 2. The standard InChI is InChI=1S/C16H15FN4O3/c1-23-14-8-10(9-20-21-16(18)19)6-7-13(14)24-15(22)11-4-2-3-5-12(11)17/h2-9H,1H3,(H4,18,19,21)/p+1/b20-9-. The van der Waals surface area contributed by atoms with E-state index in [9.17, 15) is 9.18 Å². The summed E-state index contributed by atoms with van der Waals surface area (Å²) in [6.07, 6.45) is 1.52. The van der Waals surface area contributed by atoms with Crippen LogP contribution < -0.4 is 26.0 Å². The fourth-order valence-electron chi connectivity index (χ4n) is 1.82. The maximum Gasteiger partial charge on any atom is 0.346 e. The molecule has 0 bridgehead atoms. The third kappa shape index (κ3) is 4.29. The summed E-state index contributed by atoms with van der Waals surface area (Å²) in [4.78, 5) is 12.1. The number of nitrogens with two attached hydrogens (primary N) is 2. The molecule has 0 radical (unpaired) electrons. The van der Waals surface area contributed by atoms with E-state index in [0.29, 0.717) is 11.3 Å². The van der Waals surface area contributed by atoms with E-state index in [0.717, 1.165) is 0 Å². The van der Waals surface area contributed by atoms with Crippen molar-refractivity contribution in [2.75, 3.05) is 7.11 Å². The molecule has 0 aliphatic carbocycles. The van der Waals surface area contributed by atoms with Gasteiger partial charge in [0.1, 0.15) is 5.82 Å². The van der Waals surface area contributed by atoms with Crippen molar-refractivity contribution in [3.8, 4) is 11.5 Å². The molecule has 0 aliphatic rings. The second kappa shape index (κ2) is 7.73. The van der Waals surface area contributed by atoms with Crippen molar-refractivity contribution in [3.05, 3.63) is 59.4 Å². The molecule has 8 heteroatoms. The average molecular weight is 331 g/mol. The lowest BCUT2D eigenvalue weighted by Crippen LogP contribution is -2.63. The highest BCUT2D eigenvalue weighted by molar-refractivity contribution is 5.91. The summed E-state index contributed by atoms with van der Waals surface area (Å²) in [5.74, 6) is -1.15. The molecule has 0 aliphatic heterocycles. The Kier molecular flexibility index (Phi) is 5.45. The van der Waals surface area contributed by atoms with Crippen LogP contribution in [-0.4, -0.2) is 25.3 Å². The van der Waals surface area contributed by atoms with Crippen LogP contribution in [0.25, 0.3) is 0 Å². The third-order valence-corrected chi connectivity index (χ3v) is 2.91. The molecule has 124 valence electrons. The second-order valence-corrected chi connectivity index (χ2v) is 4.59. The number of nitrogens with zero attached hydrogens (tertiary/aromatic N) is 1. The van der Waals surface area contributed by atoms with Crippen LogP contribution >= 0.6 is 0 Å². The molecule has 0 saturated carbocycles. The van der Waals surface area contributed by atoms with Gasteiger partial charge >= 0.3 is 5.97 Å². The Hall–Kier alpha value is -3.42. The number of guanidine groups is 1. The molecule has 0 amide bonds. The smallest absolute Gasteiger partial charge is 0.346 e. The first-order valence-corrected chi connectivity index (χ1v) is 6.83. The van der Waals surface area contributed by atoms with Crippen LogP contribution in [0.4, 0.5) is 4.39 Å². The molecule has 2 aromatic rings. The van der Waals surface area contributed by atoms with Crippen LogP contribution in [0.1, 0.15) is 15.9 Å². The largest absolute Gasteiger partial charge is 0.493 e. The molecule has 0 saturated heterocycles. The quantitative estimate of drug-likeness (QED) is 0.230. The first kappa shape index (κ1) is 16.9. The number of hydrazone groups is 1. The zero-order chi connectivity index (χ0) is 17.5. The van der Waals surface area contributed by atoms with Crippen molar-refractivity contribution in [1.29, 1.82) is 0 Å². The van der Waals surface area contributed by atoms with E-state index in [4.69, 9.17) is 20.9 Å². The Bertz CT molecular complexity index is 802. The van der Waals surface area contributed by atoms with Crippen LogP contribution in [-0.2, 0) is 0 Å². The lowest BCUT2D eigenvalue weighted by atomic mass is 10.2. The van der Waals surface area contributed by atoms with Crippen LogP contribution in [0.3, 0.4) is 0 Å². The third-order valence-electron chi connectivity index (χ3n) is 2.91. The highest BCUT2D eigenvalue weighted by Crippen LogP contribution is 2.28. The zero-order valence-corrected chi connectivity index (χ0v) is 12.8. The van der Waals surface area contributed by atoms with Crippen molar-refractivity contribution >= 4 is 18.1 Å². The summed E-state index contributed by atoms with van der Waals surface area (Å²) in [7, 11) is 1.42. The molecule has 0 unspecified atom stereocenters. The fraction of sp³-hybridized carbons (Fsp3) is 0.0625.